The number of ether oxygens (including phenoxy) is 3. The molecule has 1 aromatic rings. The van der Waals surface area contributed by atoms with E-state index in [0.29, 0.717) is 0 Å². The van der Waals surface area contributed by atoms with Crippen molar-refractivity contribution in [3.8, 4) is 0 Å². The van der Waals surface area contributed by atoms with E-state index in [9.17, 15) is 14.4 Å². The van der Waals surface area contributed by atoms with E-state index in [0.717, 1.165) is 10.6 Å². The van der Waals surface area contributed by atoms with Crippen LogP contribution in [0.15, 0.2) is 29.7 Å². The van der Waals surface area contributed by atoms with Crippen LogP contribution in [0.3, 0.4) is 0 Å². The van der Waals surface area contributed by atoms with Crippen LogP contribution in [0.4, 0.5) is 10.2 Å². The van der Waals surface area contributed by atoms with Crippen LogP contribution < -0.4 is 11.4 Å². The van der Waals surface area contributed by atoms with Gasteiger partial charge in [0.25, 0.3) is 5.85 Å². The maximum Gasteiger partial charge on any atom is 0.351 e. The van der Waals surface area contributed by atoms with E-state index in [4.69, 9.17) is 19.9 Å². The molecule has 29 heavy (non-hydrogen) atoms. The number of hydrogen-bond donors (Lipinski definition) is 1. The largest absolute Gasteiger partial charge is 0.462 e. The summed E-state index contributed by atoms with van der Waals surface area (Å²) in [5, 5.41) is 0. The molecule has 160 valence electrons. The molecule has 0 aliphatic carbocycles. The highest BCUT2D eigenvalue weighted by atomic mass is 19.2. The van der Waals surface area contributed by atoms with Crippen molar-refractivity contribution in [2.45, 2.75) is 51.8 Å². The fourth-order valence-electron chi connectivity index (χ4n) is 2.72. The molecule has 0 amide bonds. The maximum atomic E-state index is 16.1. The van der Waals surface area contributed by atoms with E-state index in [1.807, 2.05) is 0 Å². The van der Waals surface area contributed by atoms with Crippen molar-refractivity contribution in [3.05, 3.63) is 35.4 Å². The second-order valence-electron chi connectivity index (χ2n) is 7.48. The Balaban J connectivity index is 2.44. The van der Waals surface area contributed by atoms with Crippen LogP contribution >= 0.6 is 0 Å². The summed E-state index contributed by atoms with van der Waals surface area (Å²) < 4.78 is 33.1. The van der Waals surface area contributed by atoms with Gasteiger partial charge in [-0.2, -0.15) is 9.37 Å². The zero-order chi connectivity index (χ0) is 22.0. The number of nitrogens with zero attached hydrogens (tertiary/aromatic N) is 2. The van der Waals surface area contributed by atoms with Crippen LogP contribution in [0.1, 0.15) is 40.3 Å². The first-order valence-corrected chi connectivity index (χ1v) is 9.19. The molecule has 0 aromatic carbocycles. The topological polar surface area (TPSA) is 123 Å². The number of esters is 2. The van der Waals surface area contributed by atoms with Gasteiger partial charge in [-0.05, 0) is 12.1 Å². The van der Waals surface area contributed by atoms with Crippen molar-refractivity contribution < 1.29 is 28.2 Å². The van der Waals surface area contributed by atoms with Crippen molar-refractivity contribution >= 4 is 17.8 Å². The predicted molar refractivity (Wildman–Crippen MR) is 101 cm³/mol. The van der Waals surface area contributed by atoms with Gasteiger partial charge in [-0.1, -0.05) is 34.3 Å². The number of hydrogen-bond acceptors (Lipinski definition) is 8. The van der Waals surface area contributed by atoms with E-state index in [1.54, 1.807) is 27.7 Å². The molecule has 3 atom stereocenters. The lowest BCUT2D eigenvalue weighted by molar-refractivity contribution is -0.228. The molecule has 2 N–H and O–H groups in total. The number of aromatic nitrogens is 2. The van der Waals surface area contributed by atoms with Gasteiger partial charge in [-0.15, -0.1) is 0 Å². The van der Waals surface area contributed by atoms with Gasteiger partial charge in [-0.3, -0.25) is 14.2 Å². The van der Waals surface area contributed by atoms with Gasteiger partial charge in [0.1, 0.15) is 18.7 Å². The number of halogens is 1. The number of rotatable bonds is 7. The van der Waals surface area contributed by atoms with Gasteiger partial charge in [0.2, 0.25) is 0 Å². The molecule has 0 bridgehead atoms. The standard InChI is InChI=1S/C19H26FN3O6/c1-6-18(10-27-15(24)11(2)3)19(20,29-16(25)12(4)5)9-14(28-18)23-8-7-13(21)22-17(23)26/h6-8,11-12,14H,1,9-10H2,2-5H3,(H2,21,22,26)/t14-,18-,19+/m1/s1. The fraction of sp³-hybridized carbons (Fsp3) is 0.579. The highest BCUT2D eigenvalue weighted by Gasteiger charge is 2.64. The Kier molecular flexibility index (Phi) is 6.46. The molecule has 2 heterocycles. The summed E-state index contributed by atoms with van der Waals surface area (Å²) >= 11 is 0. The summed E-state index contributed by atoms with van der Waals surface area (Å²) in [7, 11) is 0. The highest BCUT2D eigenvalue weighted by Crippen LogP contribution is 2.49. The molecule has 1 fully saturated rings. The predicted octanol–water partition coefficient (Wildman–Crippen LogP) is 1.73. The third-order valence-electron chi connectivity index (χ3n) is 4.54. The first-order chi connectivity index (χ1) is 13.4. The van der Waals surface area contributed by atoms with Crippen LogP contribution in [0.25, 0.3) is 0 Å². The number of carbonyl (C=O) groups is 2. The fourth-order valence-corrected chi connectivity index (χ4v) is 2.72. The second kappa shape index (κ2) is 8.32. The van der Waals surface area contributed by atoms with Gasteiger partial charge in [0.05, 0.1) is 18.3 Å². The minimum atomic E-state index is -2.74. The van der Waals surface area contributed by atoms with E-state index >= 15 is 4.39 Å². The molecule has 0 spiro atoms. The number of nitrogen functional groups attached to an aromatic ring is 1. The van der Waals surface area contributed by atoms with Crippen molar-refractivity contribution in [2.75, 3.05) is 12.3 Å². The quantitative estimate of drug-likeness (QED) is 0.532. The molecule has 1 aliphatic heterocycles. The lowest BCUT2D eigenvalue weighted by Gasteiger charge is -2.35. The lowest BCUT2D eigenvalue weighted by atomic mass is 9.94. The van der Waals surface area contributed by atoms with Crippen molar-refractivity contribution in [3.63, 3.8) is 0 Å². The minimum absolute atomic E-state index is 0.0113. The van der Waals surface area contributed by atoms with E-state index in [-0.39, 0.29) is 5.82 Å². The second-order valence-corrected chi connectivity index (χ2v) is 7.48. The molecule has 10 heteroatoms. The summed E-state index contributed by atoms with van der Waals surface area (Å²) in [4.78, 5) is 39.8. The third-order valence-corrected chi connectivity index (χ3v) is 4.54. The van der Waals surface area contributed by atoms with E-state index in [2.05, 4.69) is 11.6 Å². The number of anilines is 1. The zero-order valence-corrected chi connectivity index (χ0v) is 16.9. The smallest absolute Gasteiger partial charge is 0.351 e. The molecule has 1 aliphatic rings. The monoisotopic (exact) mass is 411 g/mol. The number of nitrogens with two attached hydrogens (primary N) is 1. The van der Waals surface area contributed by atoms with Gasteiger partial charge in [-0.25, -0.2) is 4.79 Å². The Bertz CT molecular complexity index is 855. The number of alkyl halides is 1. The summed E-state index contributed by atoms with van der Waals surface area (Å²) in [6, 6.07) is 1.34. The Labute approximate surface area is 167 Å². The summed E-state index contributed by atoms with van der Waals surface area (Å²) in [6.07, 6.45) is 0.627. The van der Waals surface area contributed by atoms with Crippen LogP contribution in [-0.2, 0) is 23.8 Å². The number of carbonyl (C=O) groups excluding carboxylic acids is 2. The van der Waals surface area contributed by atoms with Crippen LogP contribution in [0.2, 0.25) is 0 Å². The summed E-state index contributed by atoms with van der Waals surface area (Å²) in [5.74, 6) is -5.25. The van der Waals surface area contributed by atoms with Crippen molar-refractivity contribution in [2.24, 2.45) is 11.8 Å². The van der Waals surface area contributed by atoms with Crippen LogP contribution in [0, 0.1) is 11.8 Å². The van der Waals surface area contributed by atoms with Gasteiger partial charge >= 0.3 is 17.6 Å². The highest BCUT2D eigenvalue weighted by molar-refractivity contribution is 5.72. The SMILES string of the molecule is C=C[C@]1(COC(=O)C(C)C)O[C@@H](n2ccc(N)nc2=O)C[C@]1(F)OC(=O)C(C)C. The first kappa shape index (κ1) is 22.5. The average molecular weight is 411 g/mol. The lowest BCUT2D eigenvalue weighted by Crippen LogP contribution is -2.53. The molecule has 1 aromatic heterocycles. The van der Waals surface area contributed by atoms with Gasteiger partial charge < -0.3 is 19.9 Å². The zero-order valence-electron chi connectivity index (χ0n) is 16.9. The van der Waals surface area contributed by atoms with Gasteiger partial charge in [0.15, 0.2) is 5.60 Å². The van der Waals surface area contributed by atoms with Crippen molar-refractivity contribution in [1.29, 1.82) is 0 Å². The Morgan fingerprint density at radius 3 is 2.55 bits per heavy atom. The summed E-state index contributed by atoms with van der Waals surface area (Å²) in [6.45, 7) is 9.30. The Hall–Kier alpha value is -2.75. The maximum absolute atomic E-state index is 16.1. The molecule has 1 saturated heterocycles. The van der Waals surface area contributed by atoms with E-state index in [1.165, 1.54) is 12.3 Å². The minimum Gasteiger partial charge on any atom is -0.462 e. The Morgan fingerprint density at radius 1 is 1.41 bits per heavy atom. The molecule has 0 radical (unpaired) electrons. The molecular formula is C19H26FN3O6. The van der Waals surface area contributed by atoms with E-state index < -0.39 is 60.2 Å². The molecule has 0 saturated carbocycles. The molecule has 0 unspecified atom stereocenters. The van der Waals surface area contributed by atoms with Gasteiger partial charge in [0, 0.05) is 6.20 Å². The van der Waals surface area contributed by atoms with Crippen LogP contribution in [0.5, 0.6) is 0 Å². The molecule has 9 nitrogen and oxygen atoms in total. The average Bonchev–Trinajstić information content (AvgIpc) is 2.91. The Morgan fingerprint density at radius 2 is 2.03 bits per heavy atom. The van der Waals surface area contributed by atoms with Crippen molar-refractivity contribution in [1.82, 2.24) is 9.55 Å². The molecular weight excluding hydrogens is 385 g/mol. The van der Waals surface area contributed by atoms with Crippen LogP contribution in [-0.4, -0.2) is 39.6 Å². The normalized spacial score (nSPS) is 26.5. The summed E-state index contributed by atoms with van der Waals surface area (Å²) in [5.41, 5.74) is 2.69. The third kappa shape index (κ3) is 4.47. The first-order valence-electron chi connectivity index (χ1n) is 9.19. The molecule has 2 rings (SSSR count).